The molecule has 0 radical (unpaired) electrons. The second-order valence-electron chi connectivity index (χ2n) is 5.44. The number of hydrogen-bond acceptors (Lipinski definition) is 2. The highest BCUT2D eigenvalue weighted by Gasteiger charge is 2.08. The Hall–Kier alpha value is -1.90. The largest absolute Gasteiger partial charge is 0.388 e. The van der Waals surface area contributed by atoms with E-state index in [0.717, 1.165) is 16.7 Å². The highest BCUT2D eigenvalue weighted by atomic mass is 16.3. The molecule has 1 atom stereocenters. The van der Waals surface area contributed by atoms with Crippen molar-refractivity contribution >= 4 is 5.57 Å². The summed E-state index contributed by atoms with van der Waals surface area (Å²) in [5, 5.41) is 13.5. The summed E-state index contributed by atoms with van der Waals surface area (Å²) >= 11 is 0. The number of rotatable bonds is 6. The van der Waals surface area contributed by atoms with E-state index in [9.17, 15) is 5.11 Å². The third-order valence-corrected chi connectivity index (χ3v) is 3.26. The molecule has 2 nitrogen and oxygen atoms in total. The van der Waals surface area contributed by atoms with Gasteiger partial charge in [-0.05, 0) is 22.8 Å². The molecule has 2 N–H and O–H groups in total. The van der Waals surface area contributed by atoms with Gasteiger partial charge in [-0.3, -0.25) is 0 Å². The average molecular weight is 281 g/mol. The van der Waals surface area contributed by atoms with Crippen molar-refractivity contribution in [2.75, 3.05) is 6.54 Å². The van der Waals surface area contributed by atoms with Gasteiger partial charge in [0.25, 0.3) is 0 Å². The van der Waals surface area contributed by atoms with Crippen LogP contribution in [0, 0.1) is 0 Å². The first-order chi connectivity index (χ1) is 10.2. The van der Waals surface area contributed by atoms with Crippen LogP contribution >= 0.6 is 0 Å². The lowest BCUT2D eigenvalue weighted by molar-refractivity contribution is 0.215. The first-order valence-electron chi connectivity index (χ1n) is 7.41. The monoisotopic (exact) mass is 281 g/mol. The lowest BCUT2D eigenvalue weighted by Gasteiger charge is -2.14. The van der Waals surface area contributed by atoms with E-state index in [1.807, 2.05) is 42.5 Å². The zero-order valence-electron chi connectivity index (χ0n) is 12.7. The summed E-state index contributed by atoms with van der Waals surface area (Å²) in [7, 11) is 0. The molecule has 0 aliphatic carbocycles. The van der Waals surface area contributed by atoms with Gasteiger partial charge in [-0.15, -0.1) is 0 Å². The van der Waals surface area contributed by atoms with Crippen molar-refractivity contribution in [3.05, 3.63) is 77.9 Å². The van der Waals surface area contributed by atoms with Gasteiger partial charge in [-0.25, -0.2) is 0 Å². The van der Waals surface area contributed by atoms with E-state index < -0.39 is 6.10 Å². The number of aliphatic hydroxyl groups is 1. The van der Waals surface area contributed by atoms with Crippen molar-refractivity contribution in [3.8, 4) is 0 Å². The van der Waals surface area contributed by atoms with Crippen molar-refractivity contribution in [2.45, 2.75) is 26.0 Å². The van der Waals surface area contributed by atoms with Gasteiger partial charge in [0.1, 0.15) is 0 Å². The molecule has 0 aliphatic heterocycles. The van der Waals surface area contributed by atoms with Crippen LogP contribution in [-0.2, 0) is 0 Å². The van der Waals surface area contributed by atoms with Gasteiger partial charge in [-0.2, -0.15) is 0 Å². The second kappa shape index (κ2) is 7.77. The highest BCUT2D eigenvalue weighted by Crippen LogP contribution is 2.23. The van der Waals surface area contributed by atoms with Gasteiger partial charge in [0.15, 0.2) is 0 Å². The molecule has 2 aromatic carbocycles. The normalized spacial score (nSPS) is 12.2. The summed E-state index contributed by atoms with van der Waals surface area (Å²) in [6.07, 6.45) is 1.42. The molecule has 0 saturated carbocycles. The van der Waals surface area contributed by atoms with Crippen LogP contribution in [-0.4, -0.2) is 23.8 Å². The molecule has 2 aromatic rings. The maximum absolute atomic E-state index is 10.3. The summed E-state index contributed by atoms with van der Waals surface area (Å²) < 4.78 is 0. The Morgan fingerprint density at radius 2 is 1.43 bits per heavy atom. The summed E-state index contributed by atoms with van der Waals surface area (Å²) in [4.78, 5) is 0. The number of nitrogens with one attached hydrogen (secondary N) is 1. The van der Waals surface area contributed by atoms with Crippen LogP contribution < -0.4 is 5.32 Å². The van der Waals surface area contributed by atoms with Crippen LogP contribution in [0.1, 0.15) is 25.0 Å². The van der Waals surface area contributed by atoms with Crippen molar-refractivity contribution in [1.29, 1.82) is 0 Å². The molecule has 0 heterocycles. The van der Waals surface area contributed by atoms with Gasteiger partial charge >= 0.3 is 0 Å². The molecule has 2 rings (SSSR count). The van der Waals surface area contributed by atoms with Crippen LogP contribution in [0.5, 0.6) is 0 Å². The highest BCUT2D eigenvalue weighted by molar-refractivity contribution is 5.80. The van der Waals surface area contributed by atoms with Gasteiger partial charge in [0, 0.05) is 12.6 Å². The third kappa shape index (κ3) is 4.85. The Labute approximate surface area is 127 Å². The van der Waals surface area contributed by atoms with Crippen LogP contribution in [0.25, 0.3) is 5.57 Å². The smallest absolute Gasteiger partial charge is 0.0854 e. The van der Waals surface area contributed by atoms with E-state index in [1.165, 1.54) is 0 Å². The molecule has 1 unspecified atom stereocenters. The molecular formula is C19H23NO. The fourth-order valence-corrected chi connectivity index (χ4v) is 2.20. The lowest BCUT2D eigenvalue weighted by Crippen LogP contribution is -2.31. The van der Waals surface area contributed by atoms with Crippen molar-refractivity contribution in [3.63, 3.8) is 0 Å². The van der Waals surface area contributed by atoms with Crippen molar-refractivity contribution in [1.82, 2.24) is 5.32 Å². The standard InChI is InChI=1S/C19H23NO/c1-15(2)20-14-18(21)13-19(16-9-5-3-6-10-16)17-11-7-4-8-12-17/h3-13,15,18,20-21H,14H2,1-2H3. The summed E-state index contributed by atoms with van der Waals surface area (Å²) in [5.41, 5.74) is 3.30. The maximum Gasteiger partial charge on any atom is 0.0854 e. The Morgan fingerprint density at radius 1 is 0.952 bits per heavy atom. The maximum atomic E-state index is 10.3. The van der Waals surface area contributed by atoms with E-state index >= 15 is 0 Å². The minimum atomic E-state index is -0.511. The fourth-order valence-electron chi connectivity index (χ4n) is 2.20. The Bertz CT molecular complexity index is 519. The van der Waals surface area contributed by atoms with E-state index in [1.54, 1.807) is 0 Å². The van der Waals surface area contributed by atoms with Gasteiger partial charge < -0.3 is 10.4 Å². The predicted octanol–water partition coefficient (Wildman–Crippen LogP) is 3.48. The van der Waals surface area contributed by atoms with E-state index in [2.05, 4.69) is 43.4 Å². The second-order valence-corrected chi connectivity index (χ2v) is 5.44. The van der Waals surface area contributed by atoms with E-state index in [-0.39, 0.29) is 0 Å². The molecule has 21 heavy (non-hydrogen) atoms. The number of benzene rings is 2. The van der Waals surface area contributed by atoms with Crippen LogP contribution in [0.4, 0.5) is 0 Å². The average Bonchev–Trinajstić information content (AvgIpc) is 2.52. The fraction of sp³-hybridized carbons (Fsp3) is 0.263. The first kappa shape index (κ1) is 15.5. The predicted molar refractivity (Wildman–Crippen MR) is 89.1 cm³/mol. The van der Waals surface area contributed by atoms with Gasteiger partial charge in [0.2, 0.25) is 0 Å². The molecule has 110 valence electrons. The van der Waals surface area contributed by atoms with Crippen LogP contribution in [0.15, 0.2) is 66.7 Å². The molecule has 0 saturated heterocycles. The topological polar surface area (TPSA) is 32.3 Å². The van der Waals surface area contributed by atoms with Gasteiger partial charge in [0.05, 0.1) is 6.10 Å². The lowest BCUT2D eigenvalue weighted by atomic mass is 9.96. The molecule has 0 aliphatic rings. The molecule has 0 spiro atoms. The Morgan fingerprint density at radius 3 is 1.86 bits per heavy atom. The first-order valence-corrected chi connectivity index (χ1v) is 7.41. The summed E-state index contributed by atoms with van der Waals surface area (Å²) in [5.74, 6) is 0. The SMILES string of the molecule is CC(C)NCC(O)C=C(c1ccccc1)c1ccccc1. The van der Waals surface area contributed by atoms with Crippen LogP contribution in [0.3, 0.4) is 0 Å². The summed E-state index contributed by atoms with van der Waals surface area (Å²) in [6, 6.07) is 20.7. The van der Waals surface area contributed by atoms with Gasteiger partial charge in [-0.1, -0.05) is 74.5 Å². The van der Waals surface area contributed by atoms with E-state index in [0.29, 0.717) is 12.6 Å². The molecule has 2 heteroatoms. The molecule has 0 bridgehead atoms. The zero-order chi connectivity index (χ0) is 15.1. The Kier molecular flexibility index (Phi) is 5.73. The molecule has 0 aromatic heterocycles. The number of hydrogen-bond donors (Lipinski definition) is 2. The number of aliphatic hydroxyl groups excluding tert-OH is 1. The molecular weight excluding hydrogens is 258 g/mol. The summed E-state index contributed by atoms with van der Waals surface area (Å²) in [6.45, 7) is 4.71. The molecule has 0 amide bonds. The van der Waals surface area contributed by atoms with Crippen molar-refractivity contribution < 1.29 is 5.11 Å². The Balaban J connectivity index is 2.28. The van der Waals surface area contributed by atoms with Crippen LogP contribution in [0.2, 0.25) is 0 Å². The quantitative estimate of drug-likeness (QED) is 0.849. The minimum absolute atomic E-state index is 0.366. The molecule has 0 fully saturated rings. The van der Waals surface area contributed by atoms with Crippen molar-refractivity contribution in [2.24, 2.45) is 0 Å². The zero-order valence-corrected chi connectivity index (χ0v) is 12.7. The minimum Gasteiger partial charge on any atom is -0.388 e. The van der Waals surface area contributed by atoms with E-state index in [4.69, 9.17) is 0 Å². The third-order valence-electron chi connectivity index (χ3n) is 3.26.